The van der Waals surface area contributed by atoms with Crippen LogP contribution in [0.3, 0.4) is 0 Å². The number of nitrogens with one attached hydrogen (secondary N) is 2. The van der Waals surface area contributed by atoms with Gasteiger partial charge in [0.15, 0.2) is 11.6 Å². The highest BCUT2D eigenvalue weighted by molar-refractivity contribution is 6.01. The summed E-state index contributed by atoms with van der Waals surface area (Å²) in [6, 6.07) is 6.77. The molecule has 0 aliphatic heterocycles. The lowest BCUT2D eigenvalue weighted by molar-refractivity contribution is 0.0949. The number of hydrogen-bond donors (Lipinski definition) is 2. The first kappa shape index (κ1) is 16.9. The summed E-state index contributed by atoms with van der Waals surface area (Å²) in [6.45, 7) is 0.173. The van der Waals surface area contributed by atoms with Crippen LogP contribution < -0.4 is 10.9 Å². The van der Waals surface area contributed by atoms with E-state index in [1.54, 1.807) is 35.4 Å². The second-order valence-corrected chi connectivity index (χ2v) is 6.30. The highest BCUT2D eigenvalue weighted by atomic mass is 16.2. The van der Waals surface area contributed by atoms with Crippen molar-refractivity contribution >= 4 is 11.7 Å². The highest BCUT2D eigenvalue weighted by Gasteiger charge is 2.22. The molecule has 0 spiro atoms. The van der Waals surface area contributed by atoms with Crippen LogP contribution in [0.25, 0.3) is 5.82 Å². The standard InChI is InChI=1S/C19H17N5O3/c25-16-6-1-5-15-13(16)10-14(19(27)23-15)18(26)21-11-12-4-2-7-20-17(12)24-9-3-8-22-24/h2-4,7-10H,1,5-6,11H2,(H,21,26)(H,23,27). The lowest BCUT2D eigenvalue weighted by Crippen LogP contribution is -2.31. The molecule has 27 heavy (non-hydrogen) atoms. The largest absolute Gasteiger partial charge is 0.348 e. The van der Waals surface area contributed by atoms with Gasteiger partial charge in [-0.25, -0.2) is 9.67 Å². The first-order valence-electron chi connectivity index (χ1n) is 8.65. The van der Waals surface area contributed by atoms with E-state index in [4.69, 9.17) is 0 Å². The average Bonchev–Trinajstić information content (AvgIpc) is 3.21. The molecular weight excluding hydrogens is 346 g/mol. The molecule has 3 aromatic heterocycles. The summed E-state index contributed by atoms with van der Waals surface area (Å²) in [5.41, 5.74) is 1.25. The van der Waals surface area contributed by atoms with Gasteiger partial charge in [-0.15, -0.1) is 0 Å². The van der Waals surface area contributed by atoms with E-state index in [0.717, 1.165) is 5.56 Å². The van der Waals surface area contributed by atoms with Crippen molar-refractivity contribution in [3.63, 3.8) is 0 Å². The summed E-state index contributed by atoms with van der Waals surface area (Å²) >= 11 is 0. The van der Waals surface area contributed by atoms with Crippen molar-refractivity contribution in [3.8, 4) is 5.82 Å². The first-order valence-corrected chi connectivity index (χ1v) is 8.65. The van der Waals surface area contributed by atoms with Crippen molar-refractivity contribution in [2.45, 2.75) is 25.8 Å². The number of pyridine rings is 2. The molecule has 3 heterocycles. The Morgan fingerprint density at radius 2 is 2.11 bits per heavy atom. The molecule has 0 saturated carbocycles. The van der Waals surface area contributed by atoms with Crippen LogP contribution in [0.5, 0.6) is 0 Å². The SMILES string of the molecule is O=C1CCCc2[nH]c(=O)c(C(=O)NCc3cccnc3-n3cccn3)cc21. The smallest absolute Gasteiger partial charge is 0.261 e. The van der Waals surface area contributed by atoms with Crippen LogP contribution in [-0.4, -0.2) is 31.4 Å². The third kappa shape index (κ3) is 3.29. The van der Waals surface area contributed by atoms with Crippen LogP contribution in [0.2, 0.25) is 0 Å². The number of rotatable bonds is 4. The third-order valence-electron chi connectivity index (χ3n) is 4.53. The molecule has 136 valence electrons. The van der Waals surface area contributed by atoms with E-state index in [0.29, 0.717) is 36.3 Å². The van der Waals surface area contributed by atoms with E-state index in [1.165, 1.54) is 6.07 Å². The van der Waals surface area contributed by atoms with Crippen molar-refractivity contribution in [1.29, 1.82) is 0 Å². The van der Waals surface area contributed by atoms with E-state index in [1.807, 2.05) is 6.07 Å². The van der Waals surface area contributed by atoms with Gasteiger partial charge in [0.25, 0.3) is 11.5 Å². The number of aromatic amines is 1. The number of carbonyl (C=O) groups is 2. The lowest BCUT2D eigenvalue weighted by atomic mass is 9.93. The quantitative estimate of drug-likeness (QED) is 0.728. The fourth-order valence-corrected chi connectivity index (χ4v) is 3.18. The molecule has 1 aliphatic rings. The van der Waals surface area contributed by atoms with Crippen LogP contribution >= 0.6 is 0 Å². The number of fused-ring (bicyclic) bond motifs is 1. The number of aromatic nitrogens is 4. The molecule has 1 amide bonds. The van der Waals surface area contributed by atoms with E-state index in [9.17, 15) is 14.4 Å². The number of nitrogens with zero attached hydrogens (tertiary/aromatic N) is 3. The lowest BCUT2D eigenvalue weighted by Gasteiger charge is -2.15. The Morgan fingerprint density at radius 1 is 1.22 bits per heavy atom. The molecule has 1 aliphatic carbocycles. The third-order valence-corrected chi connectivity index (χ3v) is 4.53. The number of carbonyl (C=O) groups excluding carboxylic acids is 2. The predicted octanol–water partition coefficient (Wildman–Crippen LogP) is 1.40. The second-order valence-electron chi connectivity index (χ2n) is 6.30. The molecule has 2 N–H and O–H groups in total. The second kappa shape index (κ2) is 6.99. The van der Waals surface area contributed by atoms with E-state index in [2.05, 4.69) is 20.4 Å². The Labute approximate surface area is 154 Å². The van der Waals surface area contributed by atoms with Gasteiger partial charge < -0.3 is 10.3 Å². The normalized spacial score (nSPS) is 13.3. The first-order chi connectivity index (χ1) is 13.1. The summed E-state index contributed by atoms with van der Waals surface area (Å²) in [5.74, 6) is 0.0137. The molecule has 0 fully saturated rings. The monoisotopic (exact) mass is 363 g/mol. The average molecular weight is 363 g/mol. The Morgan fingerprint density at radius 3 is 2.93 bits per heavy atom. The zero-order valence-corrected chi connectivity index (χ0v) is 14.4. The Bertz CT molecular complexity index is 1070. The number of H-pyrrole nitrogens is 1. The van der Waals surface area contributed by atoms with Crippen LogP contribution in [0, 0.1) is 0 Å². The molecule has 8 nitrogen and oxygen atoms in total. The van der Waals surface area contributed by atoms with Gasteiger partial charge in [-0.05, 0) is 31.0 Å². The van der Waals surface area contributed by atoms with Crippen molar-refractivity contribution in [2.24, 2.45) is 0 Å². The summed E-state index contributed by atoms with van der Waals surface area (Å²) in [6.07, 6.45) is 6.82. The van der Waals surface area contributed by atoms with E-state index < -0.39 is 11.5 Å². The molecule has 0 aromatic carbocycles. The van der Waals surface area contributed by atoms with Gasteiger partial charge >= 0.3 is 0 Å². The molecular formula is C19H17N5O3. The molecule has 0 bridgehead atoms. The Balaban J connectivity index is 1.57. The summed E-state index contributed by atoms with van der Waals surface area (Å²) in [4.78, 5) is 43.8. The number of aryl methyl sites for hydroxylation is 1. The highest BCUT2D eigenvalue weighted by Crippen LogP contribution is 2.19. The fraction of sp³-hybridized carbons (Fsp3) is 0.211. The maximum atomic E-state index is 12.5. The van der Waals surface area contributed by atoms with Crippen molar-refractivity contribution in [1.82, 2.24) is 25.1 Å². The van der Waals surface area contributed by atoms with Crippen molar-refractivity contribution < 1.29 is 9.59 Å². The van der Waals surface area contributed by atoms with E-state index >= 15 is 0 Å². The van der Waals surface area contributed by atoms with Crippen molar-refractivity contribution in [3.05, 3.63) is 75.6 Å². The van der Waals surface area contributed by atoms with Gasteiger partial charge in [0.2, 0.25) is 0 Å². The predicted molar refractivity (Wildman–Crippen MR) is 96.9 cm³/mol. The van der Waals surface area contributed by atoms with Crippen LogP contribution in [0.15, 0.2) is 47.7 Å². The topological polar surface area (TPSA) is 110 Å². The Hall–Kier alpha value is -3.55. The maximum absolute atomic E-state index is 12.5. The maximum Gasteiger partial charge on any atom is 0.261 e. The van der Waals surface area contributed by atoms with E-state index in [-0.39, 0.29) is 17.9 Å². The summed E-state index contributed by atoms with van der Waals surface area (Å²) in [7, 11) is 0. The molecule has 0 saturated heterocycles. The summed E-state index contributed by atoms with van der Waals surface area (Å²) in [5, 5.41) is 6.88. The fourth-order valence-electron chi connectivity index (χ4n) is 3.18. The van der Waals surface area contributed by atoms with Gasteiger partial charge in [0, 0.05) is 48.4 Å². The number of Topliss-reactive ketones (excluding diaryl/α,β-unsaturated/α-hetero) is 1. The number of amides is 1. The van der Waals surface area contributed by atoms with Gasteiger partial charge in [-0.2, -0.15) is 5.10 Å². The van der Waals surface area contributed by atoms with Crippen LogP contribution in [0.4, 0.5) is 0 Å². The minimum absolute atomic E-state index is 0.0465. The zero-order valence-electron chi connectivity index (χ0n) is 14.4. The van der Waals surface area contributed by atoms with Gasteiger partial charge in [0.05, 0.1) is 0 Å². The molecule has 0 atom stereocenters. The number of hydrogen-bond acceptors (Lipinski definition) is 5. The van der Waals surface area contributed by atoms with Gasteiger partial charge in [-0.1, -0.05) is 6.07 Å². The summed E-state index contributed by atoms with van der Waals surface area (Å²) < 4.78 is 1.60. The Kier molecular flexibility index (Phi) is 4.37. The molecule has 0 radical (unpaired) electrons. The minimum atomic E-state index is -0.535. The van der Waals surface area contributed by atoms with Gasteiger partial charge in [0.1, 0.15) is 5.56 Å². The molecule has 8 heteroatoms. The molecule has 4 rings (SSSR count). The van der Waals surface area contributed by atoms with Crippen molar-refractivity contribution in [2.75, 3.05) is 0 Å². The zero-order chi connectivity index (χ0) is 18.8. The molecule has 0 unspecified atom stereocenters. The number of ketones is 1. The minimum Gasteiger partial charge on any atom is -0.348 e. The van der Waals surface area contributed by atoms with Crippen LogP contribution in [0.1, 0.15) is 44.8 Å². The molecule has 3 aromatic rings. The van der Waals surface area contributed by atoms with Crippen LogP contribution in [-0.2, 0) is 13.0 Å². The van der Waals surface area contributed by atoms with Gasteiger partial charge in [-0.3, -0.25) is 14.4 Å².